The summed E-state index contributed by atoms with van der Waals surface area (Å²) in [4.78, 5) is 4.27. The zero-order valence-electron chi connectivity index (χ0n) is 9.38. The molecule has 0 saturated heterocycles. The molecule has 1 atom stereocenters. The van der Waals surface area contributed by atoms with Gasteiger partial charge in [0.1, 0.15) is 0 Å². The molecule has 0 aliphatic rings. The summed E-state index contributed by atoms with van der Waals surface area (Å²) >= 11 is 7.17. The van der Waals surface area contributed by atoms with Crippen LogP contribution in [0, 0.1) is 0 Å². The highest BCUT2D eigenvalue weighted by molar-refractivity contribution is 7.99. The van der Waals surface area contributed by atoms with Crippen molar-refractivity contribution in [2.75, 3.05) is 12.4 Å². The molecular weight excluding hydrogens is 274 g/mol. The quantitative estimate of drug-likeness (QED) is 0.727. The maximum Gasteiger partial charge on any atom is 0.208 e. The molecule has 0 aliphatic heterocycles. The van der Waals surface area contributed by atoms with Gasteiger partial charge in [0, 0.05) is 16.3 Å². The molecule has 0 radical (unpaired) electrons. The van der Waals surface area contributed by atoms with Crippen LogP contribution in [0.15, 0.2) is 29.4 Å². The minimum Gasteiger partial charge on any atom is -0.394 e. The van der Waals surface area contributed by atoms with Gasteiger partial charge in [-0.15, -0.1) is 5.10 Å². The number of aliphatic hydroxyl groups excluding tert-OH is 2. The minimum atomic E-state index is -0.761. The summed E-state index contributed by atoms with van der Waals surface area (Å²) in [6.45, 7) is -0.265. The average Bonchev–Trinajstić information content (AvgIpc) is 2.84. The summed E-state index contributed by atoms with van der Waals surface area (Å²) in [5.41, 5.74) is 0.851. The lowest BCUT2D eigenvalue weighted by molar-refractivity contribution is 0.113. The number of nitrogens with zero attached hydrogens (tertiary/aromatic N) is 2. The Kier molecular flexibility index (Phi) is 4.60. The highest BCUT2D eigenvalue weighted by Gasteiger charge is 2.09. The van der Waals surface area contributed by atoms with Crippen molar-refractivity contribution in [3.63, 3.8) is 0 Å². The monoisotopic (exact) mass is 285 g/mol. The van der Waals surface area contributed by atoms with Gasteiger partial charge in [-0.05, 0) is 12.1 Å². The summed E-state index contributed by atoms with van der Waals surface area (Å²) in [5.74, 6) is 0.974. The summed E-state index contributed by atoms with van der Waals surface area (Å²) in [5, 5.41) is 25.9. The number of hydrogen-bond acceptors (Lipinski definition) is 5. The Morgan fingerprint density at radius 1 is 1.44 bits per heavy atom. The van der Waals surface area contributed by atoms with E-state index < -0.39 is 6.10 Å². The fourth-order valence-electron chi connectivity index (χ4n) is 1.30. The number of H-pyrrole nitrogens is 1. The minimum absolute atomic E-state index is 0.265. The Bertz CT molecular complexity index is 520. The molecule has 2 aromatic rings. The van der Waals surface area contributed by atoms with E-state index in [1.54, 1.807) is 12.1 Å². The lowest BCUT2D eigenvalue weighted by Crippen LogP contribution is -2.14. The number of halogens is 1. The van der Waals surface area contributed by atoms with Crippen LogP contribution < -0.4 is 0 Å². The van der Waals surface area contributed by atoms with E-state index in [1.165, 1.54) is 11.8 Å². The van der Waals surface area contributed by atoms with E-state index in [1.807, 2.05) is 12.1 Å². The highest BCUT2D eigenvalue weighted by Crippen LogP contribution is 2.22. The zero-order chi connectivity index (χ0) is 13.0. The van der Waals surface area contributed by atoms with Gasteiger partial charge in [-0.2, -0.15) is 0 Å². The zero-order valence-corrected chi connectivity index (χ0v) is 10.9. The number of aromatic nitrogens is 3. The Morgan fingerprint density at radius 3 is 3.00 bits per heavy atom. The molecule has 96 valence electrons. The van der Waals surface area contributed by atoms with E-state index in [9.17, 15) is 5.11 Å². The van der Waals surface area contributed by atoms with E-state index in [4.69, 9.17) is 16.7 Å². The largest absolute Gasteiger partial charge is 0.394 e. The number of nitrogens with one attached hydrogen (secondary N) is 1. The van der Waals surface area contributed by atoms with Crippen LogP contribution in [0.2, 0.25) is 5.02 Å². The normalized spacial score (nSPS) is 12.6. The van der Waals surface area contributed by atoms with Gasteiger partial charge in [-0.3, -0.25) is 5.10 Å². The van der Waals surface area contributed by atoms with Crippen LogP contribution in [0.4, 0.5) is 0 Å². The van der Waals surface area contributed by atoms with Crippen molar-refractivity contribution >= 4 is 23.4 Å². The molecule has 0 aliphatic carbocycles. The van der Waals surface area contributed by atoms with Crippen LogP contribution in [0.25, 0.3) is 11.4 Å². The lowest BCUT2D eigenvalue weighted by Gasteiger charge is -2.02. The van der Waals surface area contributed by atoms with Crippen molar-refractivity contribution in [3.05, 3.63) is 29.3 Å². The van der Waals surface area contributed by atoms with Gasteiger partial charge < -0.3 is 10.2 Å². The average molecular weight is 286 g/mol. The molecule has 0 spiro atoms. The van der Waals surface area contributed by atoms with Crippen molar-refractivity contribution in [1.29, 1.82) is 0 Å². The fourth-order valence-corrected chi connectivity index (χ4v) is 2.20. The molecule has 3 N–H and O–H groups in total. The predicted octanol–water partition coefficient (Wildman–Crippen LogP) is 1.57. The SMILES string of the molecule is OCC(O)CSc1n[nH]c(-c2cccc(Cl)c2)n1. The molecule has 0 bridgehead atoms. The van der Waals surface area contributed by atoms with E-state index in [0.29, 0.717) is 21.8 Å². The summed E-state index contributed by atoms with van der Waals surface area (Å²) < 4.78 is 0. The first-order valence-corrected chi connectivity index (χ1v) is 6.65. The van der Waals surface area contributed by atoms with Crippen LogP contribution in [-0.2, 0) is 0 Å². The maximum absolute atomic E-state index is 9.23. The summed E-state index contributed by atoms with van der Waals surface area (Å²) in [6.07, 6.45) is -0.761. The molecule has 1 heterocycles. The van der Waals surface area contributed by atoms with Crippen molar-refractivity contribution in [2.24, 2.45) is 0 Å². The third-order valence-electron chi connectivity index (χ3n) is 2.18. The number of benzene rings is 1. The molecule has 0 fully saturated rings. The van der Waals surface area contributed by atoms with Crippen LogP contribution in [0.3, 0.4) is 0 Å². The van der Waals surface area contributed by atoms with Gasteiger partial charge in [0.05, 0.1) is 12.7 Å². The number of thioether (sulfide) groups is 1. The first kappa shape index (κ1) is 13.4. The Hall–Kier alpha value is -1.08. The molecule has 0 saturated carbocycles. The van der Waals surface area contributed by atoms with E-state index in [-0.39, 0.29) is 6.61 Å². The van der Waals surface area contributed by atoms with Gasteiger partial charge in [-0.25, -0.2) is 4.98 Å². The third kappa shape index (κ3) is 3.46. The first-order chi connectivity index (χ1) is 8.69. The Morgan fingerprint density at radius 2 is 2.28 bits per heavy atom. The van der Waals surface area contributed by atoms with Crippen molar-refractivity contribution < 1.29 is 10.2 Å². The number of aromatic amines is 1. The van der Waals surface area contributed by atoms with Gasteiger partial charge >= 0.3 is 0 Å². The standard InChI is InChI=1S/C11H12ClN3O2S/c12-8-3-1-2-7(4-8)10-13-11(15-14-10)18-6-9(17)5-16/h1-4,9,16-17H,5-6H2,(H,13,14,15). The molecule has 18 heavy (non-hydrogen) atoms. The van der Waals surface area contributed by atoms with Crippen LogP contribution in [0.5, 0.6) is 0 Å². The van der Waals surface area contributed by atoms with Crippen LogP contribution in [-0.4, -0.2) is 43.9 Å². The lowest BCUT2D eigenvalue weighted by atomic mass is 10.2. The number of aliphatic hydroxyl groups is 2. The van der Waals surface area contributed by atoms with Crippen molar-refractivity contribution in [2.45, 2.75) is 11.3 Å². The van der Waals surface area contributed by atoms with E-state index in [2.05, 4.69) is 15.2 Å². The molecule has 2 rings (SSSR count). The van der Waals surface area contributed by atoms with Crippen LogP contribution in [0.1, 0.15) is 0 Å². The topological polar surface area (TPSA) is 82.0 Å². The van der Waals surface area contributed by atoms with Crippen molar-refractivity contribution in [1.82, 2.24) is 15.2 Å². The molecule has 1 aromatic carbocycles. The summed E-state index contributed by atoms with van der Waals surface area (Å²) in [6, 6.07) is 7.29. The number of hydrogen-bond donors (Lipinski definition) is 3. The Balaban J connectivity index is 2.06. The van der Waals surface area contributed by atoms with Crippen LogP contribution >= 0.6 is 23.4 Å². The maximum atomic E-state index is 9.23. The molecule has 0 amide bonds. The fraction of sp³-hybridized carbons (Fsp3) is 0.273. The first-order valence-electron chi connectivity index (χ1n) is 5.29. The second kappa shape index (κ2) is 6.19. The van der Waals surface area contributed by atoms with E-state index in [0.717, 1.165) is 5.56 Å². The third-order valence-corrected chi connectivity index (χ3v) is 3.41. The van der Waals surface area contributed by atoms with E-state index >= 15 is 0 Å². The molecular formula is C11H12ClN3O2S. The second-order valence-corrected chi connectivity index (χ2v) is 5.05. The highest BCUT2D eigenvalue weighted by atomic mass is 35.5. The smallest absolute Gasteiger partial charge is 0.208 e. The van der Waals surface area contributed by atoms with Gasteiger partial charge in [0.25, 0.3) is 0 Å². The van der Waals surface area contributed by atoms with Gasteiger partial charge in [0.2, 0.25) is 5.16 Å². The Labute approximate surface area is 113 Å². The molecule has 1 aromatic heterocycles. The molecule has 1 unspecified atom stereocenters. The van der Waals surface area contributed by atoms with Crippen molar-refractivity contribution in [3.8, 4) is 11.4 Å². The van der Waals surface area contributed by atoms with Gasteiger partial charge in [-0.1, -0.05) is 35.5 Å². The van der Waals surface area contributed by atoms with Gasteiger partial charge in [0.15, 0.2) is 5.82 Å². The number of rotatable bonds is 5. The molecule has 7 heteroatoms. The molecule has 5 nitrogen and oxygen atoms in total. The predicted molar refractivity (Wildman–Crippen MR) is 70.6 cm³/mol. The second-order valence-electron chi connectivity index (χ2n) is 3.62. The summed E-state index contributed by atoms with van der Waals surface area (Å²) in [7, 11) is 0.